The van der Waals surface area contributed by atoms with Crippen LogP contribution in [0.5, 0.6) is 0 Å². The molecule has 2 saturated carbocycles. The van der Waals surface area contributed by atoms with Gasteiger partial charge in [0.05, 0.1) is 11.8 Å². The molecule has 2 bridgehead atoms. The molecule has 1 saturated heterocycles. The van der Waals surface area contributed by atoms with Gasteiger partial charge in [0.2, 0.25) is 17.6 Å². The van der Waals surface area contributed by atoms with Crippen molar-refractivity contribution in [3.63, 3.8) is 0 Å². The van der Waals surface area contributed by atoms with Crippen molar-refractivity contribution >= 4 is 35.2 Å². The van der Waals surface area contributed by atoms with E-state index in [0.29, 0.717) is 10.6 Å². The van der Waals surface area contributed by atoms with Crippen LogP contribution in [0.4, 0.5) is 0 Å². The van der Waals surface area contributed by atoms with E-state index in [9.17, 15) is 19.2 Å². The molecular formula is C26H24ClNO5. The lowest BCUT2D eigenvalue weighted by molar-refractivity contribution is -0.155. The molecule has 3 fully saturated rings. The molecule has 6 atom stereocenters. The van der Waals surface area contributed by atoms with Gasteiger partial charge < -0.3 is 4.74 Å². The highest BCUT2D eigenvalue weighted by Gasteiger charge is 2.64. The van der Waals surface area contributed by atoms with E-state index in [4.69, 9.17) is 16.3 Å². The number of esters is 1. The molecule has 0 spiro atoms. The van der Waals surface area contributed by atoms with Crippen molar-refractivity contribution in [3.8, 4) is 0 Å². The molecule has 0 radical (unpaired) electrons. The molecule has 1 heterocycles. The summed E-state index contributed by atoms with van der Waals surface area (Å²) in [7, 11) is 0. The summed E-state index contributed by atoms with van der Waals surface area (Å²) in [6.45, 7) is 1.01. The average Bonchev–Trinajstić information content (AvgIpc) is 3.47. The van der Waals surface area contributed by atoms with Gasteiger partial charge in [-0.2, -0.15) is 0 Å². The number of fused-ring (bicyclic) bond motifs is 5. The molecular weight excluding hydrogens is 442 g/mol. The summed E-state index contributed by atoms with van der Waals surface area (Å²) in [4.78, 5) is 52.3. The van der Waals surface area contributed by atoms with E-state index in [1.54, 1.807) is 24.3 Å². The first-order valence-electron chi connectivity index (χ1n) is 11.2. The second-order valence-corrected chi connectivity index (χ2v) is 9.67. The predicted octanol–water partition coefficient (Wildman–Crippen LogP) is 3.88. The standard InChI is InChI=1S/C26H24ClNO5/c1-14(24(30)16-7-9-18(27)10-8-16)33-21(29)13-28-25(31)22-17-11-19(15-5-3-2-4-6-15)20(12-17)23(22)26(28)32/h2-10,14,17,19-20,22-23H,11-13H2,1H3/t14-,17-,19+,20+,22+,23-/m0/s1. The highest BCUT2D eigenvalue weighted by atomic mass is 35.5. The van der Waals surface area contributed by atoms with Crippen molar-refractivity contribution in [1.82, 2.24) is 4.90 Å². The van der Waals surface area contributed by atoms with Crippen LogP contribution in [0.2, 0.25) is 5.02 Å². The number of benzene rings is 2. The Balaban J connectivity index is 1.24. The molecule has 7 heteroatoms. The van der Waals surface area contributed by atoms with E-state index >= 15 is 0 Å². The fourth-order valence-electron chi connectivity index (χ4n) is 6.03. The Morgan fingerprint density at radius 1 is 1.00 bits per heavy atom. The van der Waals surface area contributed by atoms with Gasteiger partial charge in [0.1, 0.15) is 6.54 Å². The number of Topliss-reactive ketones (excluding diaryl/α,β-unsaturated/α-hetero) is 1. The molecule has 2 aliphatic carbocycles. The van der Waals surface area contributed by atoms with Crippen LogP contribution in [0.25, 0.3) is 0 Å². The normalized spacial score (nSPS) is 28.7. The number of ketones is 1. The zero-order valence-electron chi connectivity index (χ0n) is 18.1. The number of halogens is 1. The fraction of sp³-hybridized carbons (Fsp3) is 0.385. The molecule has 5 rings (SSSR count). The van der Waals surface area contributed by atoms with Crippen molar-refractivity contribution in [2.75, 3.05) is 6.54 Å². The summed E-state index contributed by atoms with van der Waals surface area (Å²) >= 11 is 5.85. The van der Waals surface area contributed by atoms with Crippen molar-refractivity contribution in [3.05, 3.63) is 70.7 Å². The summed E-state index contributed by atoms with van der Waals surface area (Å²) < 4.78 is 5.27. The van der Waals surface area contributed by atoms with Crippen LogP contribution in [-0.2, 0) is 19.1 Å². The SMILES string of the molecule is C[C@H](OC(=O)CN1C(=O)[C@@H]2[C@@H]3C[C@@H]([C@@H]2C1=O)[C@@H](c1ccccc1)C3)C(=O)c1ccc(Cl)cc1. The lowest BCUT2D eigenvalue weighted by atomic mass is 9.73. The third kappa shape index (κ3) is 3.76. The van der Waals surface area contributed by atoms with Crippen LogP contribution in [0, 0.1) is 23.7 Å². The number of ether oxygens (including phenoxy) is 1. The first-order valence-corrected chi connectivity index (χ1v) is 11.6. The summed E-state index contributed by atoms with van der Waals surface area (Å²) in [6, 6.07) is 16.4. The van der Waals surface area contributed by atoms with Gasteiger partial charge in [-0.05, 0) is 67.3 Å². The van der Waals surface area contributed by atoms with E-state index in [0.717, 1.165) is 17.7 Å². The Hall–Kier alpha value is -2.99. The van der Waals surface area contributed by atoms with E-state index in [1.807, 2.05) is 18.2 Å². The first-order chi connectivity index (χ1) is 15.8. The summed E-state index contributed by atoms with van der Waals surface area (Å²) in [5.74, 6) is -1.88. The van der Waals surface area contributed by atoms with Gasteiger partial charge in [-0.25, -0.2) is 0 Å². The Morgan fingerprint density at radius 3 is 2.36 bits per heavy atom. The van der Waals surface area contributed by atoms with Crippen molar-refractivity contribution in [2.45, 2.75) is 31.8 Å². The topological polar surface area (TPSA) is 80.8 Å². The minimum absolute atomic E-state index is 0.116. The van der Waals surface area contributed by atoms with Crippen molar-refractivity contribution < 1.29 is 23.9 Å². The molecule has 0 N–H and O–H groups in total. The zero-order chi connectivity index (χ0) is 23.3. The van der Waals surface area contributed by atoms with Crippen LogP contribution < -0.4 is 0 Å². The molecule has 0 unspecified atom stereocenters. The average molecular weight is 466 g/mol. The van der Waals surface area contributed by atoms with Gasteiger partial charge in [-0.3, -0.25) is 24.1 Å². The van der Waals surface area contributed by atoms with Gasteiger partial charge in [0, 0.05) is 10.6 Å². The van der Waals surface area contributed by atoms with Crippen LogP contribution in [0.15, 0.2) is 54.6 Å². The summed E-state index contributed by atoms with van der Waals surface area (Å²) in [5, 5.41) is 0.497. The van der Waals surface area contributed by atoms with Crippen molar-refractivity contribution in [1.29, 1.82) is 0 Å². The minimum Gasteiger partial charge on any atom is -0.453 e. The highest BCUT2D eigenvalue weighted by Crippen LogP contribution is 2.61. The Kier molecular flexibility index (Phi) is 5.57. The molecule has 2 aromatic rings. The Morgan fingerprint density at radius 2 is 1.67 bits per heavy atom. The predicted molar refractivity (Wildman–Crippen MR) is 120 cm³/mol. The third-order valence-electron chi connectivity index (χ3n) is 7.43. The maximum Gasteiger partial charge on any atom is 0.326 e. The number of hydrogen-bond donors (Lipinski definition) is 0. The number of carbonyl (C=O) groups excluding carboxylic acids is 4. The van der Waals surface area contributed by atoms with Gasteiger partial charge in [-0.1, -0.05) is 41.9 Å². The van der Waals surface area contributed by atoms with E-state index in [2.05, 4.69) is 12.1 Å². The van der Waals surface area contributed by atoms with Crippen LogP contribution in [0.3, 0.4) is 0 Å². The smallest absolute Gasteiger partial charge is 0.326 e. The largest absolute Gasteiger partial charge is 0.453 e. The number of imide groups is 1. The maximum atomic E-state index is 13.2. The Labute approximate surface area is 196 Å². The van der Waals surface area contributed by atoms with Gasteiger partial charge in [-0.15, -0.1) is 0 Å². The molecule has 2 aromatic carbocycles. The highest BCUT2D eigenvalue weighted by molar-refractivity contribution is 6.30. The second kappa shape index (κ2) is 8.41. The third-order valence-corrected chi connectivity index (χ3v) is 7.68. The first kappa shape index (κ1) is 21.8. The van der Waals surface area contributed by atoms with Crippen LogP contribution in [0.1, 0.15) is 41.6 Å². The fourth-order valence-corrected chi connectivity index (χ4v) is 6.15. The van der Waals surface area contributed by atoms with Gasteiger partial charge >= 0.3 is 5.97 Å². The second-order valence-electron chi connectivity index (χ2n) is 9.23. The zero-order valence-corrected chi connectivity index (χ0v) is 18.9. The minimum atomic E-state index is -1.04. The maximum absolute atomic E-state index is 13.2. The van der Waals surface area contributed by atoms with Gasteiger partial charge in [0.15, 0.2) is 6.10 Å². The lowest BCUT2D eigenvalue weighted by Gasteiger charge is -2.28. The molecule has 2 amide bonds. The number of nitrogens with zero attached hydrogens (tertiary/aromatic N) is 1. The van der Waals surface area contributed by atoms with E-state index in [-0.39, 0.29) is 47.2 Å². The molecule has 3 aliphatic rings. The summed E-state index contributed by atoms with van der Waals surface area (Å²) in [6.07, 6.45) is 0.724. The number of amides is 2. The Bertz CT molecular complexity index is 1120. The van der Waals surface area contributed by atoms with Crippen molar-refractivity contribution in [2.24, 2.45) is 23.7 Å². The molecule has 6 nitrogen and oxygen atoms in total. The van der Waals surface area contributed by atoms with E-state index < -0.39 is 18.6 Å². The van der Waals surface area contributed by atoms with E-state index in [1.165, 1.54) is 12.5 Å². The number of carbonyl (C=O) groups is 4. The number of likely N-dealkylation sites (tertiary alicyclic amines) is 1. The molecule has 33 heavy (non-hydrogen) atoms. The lowest BCUT2D eigenvalue weighted by Crippen LogP contribution is -2.39. The molecule has 1 aliphatic heterocycles. The number of rotatable bonds is 6. The summed E-state index contributed by atoms with van der Waals surface area (Å²) in [5.41, 5.74) is 1.57. The van der Waals surface area contributed by atoms with Crippen LogP contribution >= 0.6 is 11.6 Å². The molecule has 170 valence electrons. The quantitative estimate of drug-likeness (QED) is 0.367. The van der Waals surface area contributed by atoms with Gasteiger partial charge in [0.25, 0.3) is 0 Å². The molecule has 0 aromatic heterocycles. The van der Waals surface area contributed by atoms with Crippen LogP contribution in [-0.4, -0.2) is 41.1 Å². The number of hydrogen-bond acceptors (Lipinski definition) is 5. The monoisotopic (exact) mass is 465 g/mol.